The van der Waals surface area contributed by atoms with Crippen molar-refractivity contribution in [2.75, 3.05) is 20.3 Å². The average molecular weight is 661 g/mol. The second-order valence-corrected chi connectivity index (χ2v) is 17.9. The van der Waals surface area contributed by atoms with Crippen molar-refractivity contribution in [3.05, 3.63) is 75.5 Å². The molecule has 0 fully saturated rings. The van der Waals surface area contributed by atoms with Gasteiger partial charge in [-0.3, -0.25) is 14.9 Å². The lowest BCUT2D eigenvalue weighted by Crippen LogP contribution is -2.50. The minimum atomic E-state index is -5.96. The van der Waals surface area contributed by atoms with Crippen LogP contribution in [0.2, 0.25) is 18.1 Å². The van der Waals surface area contributed by atoms with Crippen molar-refractivity contribution in [1.29, 1.82) is 0 Å². The number of benzene rings is 2. The van der Waals surface area contributed by atoms with Crippen LogP contribution in [0.15, 0.2) is 54.3 Å². The van der Waals surface area contributed by atoms with Gasteiger partial charge in [-0.25, -0.2) is 0 Å². The molecule has 2 aromatic rings. The Morgan fingerprint density at radius 1 is 1.11 bits per heavy atom. The number of halogens is 3. The number of hydrogen-bond acceptors (Lipinski definition) is 9. The monoisotopic (exact) mass is 660 g/mol. The topological polar surface area (TPSA) is 135 Å². The summed E-state index contributed by atoms with van der Waals surface area (Å²) in [7, 11) is -7.12. The van der Waals surface area contributed by atoms with Gasteiger partial charge in [-0.2, -0.15) is 21.6 Å². The lowest BCUT2D eigenvalue weighted by Gasteiger charge is -2.40. The van der Waals surface area contributed by atoms with Gasteiger partial charge >= 0.3 is 15.6 Å². The van der Waals surface area contributed by atoms with Gasteiger partial charge < -0.3 is 23.0 Å². The number of nitro groups is 1. The van der Waals surface area contributed by atoms with Crippen molar-refractivity contribution in [3.8, 4) is 11.5 Å². The predicted molar refractivity (Wildman–Crippen MR) is 157 cm³/mol. The predicted octanol–water partition coefficient (Wildman–Crippen LogP) is 6.17. The number of nitrogens with zero attached hydrogens (tertiary/aromatic N) is 2. The molecule has 0 spiro atoms. The molecule has 1 heterocycles. The fraction of sp³-hybridized carbons (Fsp3) is 0.464. The Labute approximate surface area is 254 Å². The quantitative estimate of drug-likeness (QED) is 0.0912. The largest absolute Gasteiger partial charge is 0.534 e. The summed E-state index contributed by atoms with van der Waals surface area (Å²) in [6.07, 6.45) is 0.573. The Kier molecular flexibility index (Phi) is 10.4. The maximum Gasteiger partial charge on any atom is 0.534 e. The van der Waals surface area contributed by atoms with Crippen LogP contribution >= 0.6 is 0 Å². The molecule has 1 aliphatic rings. The highest BCUT2D eigenvalue weighted by Gasteiger charge is 2.49. The van der Waals surface area contributed by atoms with Crippen LogP contribution in [0, 0.1) is 10.1 Å². The van der Waals surface area contributed by atoms with Crippen LogP contribution in [0.3, 0.4) is 0 Å². The van der Waals surface area contributed by atoms with Gasteiger partial charge in [0.2, 0.25) is 0 Å². The number of carbonyl (C=O) groups excluding carboxylic acids is 1. The molecule has 3 rings (SSSR count). The lowest BCUT2D eigenvalue weighted by molar-refractivity contribution is -0.385. The second kappa shape index (κ2) is 13.2. The zero-order valence-electron chi connectivity index (χ0n) is 25.1. The van der Waals surface area contributed by atoms with Crippen LogP contribution in [0.25, 0.3) is 0 Å². The van der Waals surface area contributed by atoms with Gasteiger partial charge in [0.15, 0.2) is 19.8 Å². The molecule has 0 aliphatic carbocycles. The Hall–Kier alpha value is -3.63. The van der Waals surface area contributed by atoms with Gasteiger partial charge in [-0.15, -0.1) is 0 Å². The number of nitro benzene ring substituents is 1. The third-order valence-electron chi connectivity index (χ3n) is 7.54. The highest BCUT2D eigenvalue weighted by atomic mass is 32.2. The maximum atomic E-state index is 13.9. The van der Waals surface area contributed by atoms with Crippen molar-refractivity contribution < 1.29 is 49.4 Å². The SMILES string of the molecule is COc1cc(C(=O)N2CC=C(OS(=O)(=O)C(F)(F)F)C[C@H]2CO[Si](C)(C)C(C)(C)C)c([N+](=O)[O-])cc1OCc1ccccc1. The summed E-state index contributed by atoms with van der Waals surface area (Å²) in [5.41, 5.74) is -5.83. The molecule has 0 saturated carbocycles. The summed E-state index contributed by atoms with van der Waals surface area (Å²) < 4.78 is 84.1. The van der Waals surface area contributed by atoms with Crippen molar-refractivity contribution in [2.24, 2.45) is 0 Å². The van der Waals surface area contributed by atoms with Crippen molar-refractivity contribution in [3.63, 3.8) is 0 Å². The van der Waals surface area contributed by atoms with E-state index < -0.39 is 65.2 Å². The zero-order valence-corrected chi connectivity index (χ0v) is 27.0. The molecule has 0 N–H and O–H groups in total. The van der Waals surface area contributed by atoms with Gasteiger partial charge in [0.25, 0.3) is 11.6 Å². The second-order valence-electron chi connectivity index (χ2n) is 11.6. The van der Waals surface area contributed by atoms with E-state index in [1.807, 2.05) is 39.9 Å². The van der Waals surface area contributed by atoms with E-state index in [1.165, 1.54) is 12.0 Å². The summed E-state index contributed by atoms with van der Waals surface area (Å²) in [5.74, 6) is -1.31. The molecule has 1 aliphatic heterocycles. The minimum Gasteiger partial charge on any atom is -0.493 e. The molecule has 242 valence electrons. The summed E-state index contributed by atoms with van der Waals surface area (Å²) in [4.78, 5) is 26.4. The van der Waals surface area contributed by atoms with Crippen molar-refractivity contribution in [2.45, 2.75) is 63.5 Å². The van der Waals surface area contributed by atoms with Crippen LogP contribution in [0.4, 0.5) is 18.9 Å². The van der Waals surface area contributed by atoms with E-state index in [9.17, 15) is 36.5 Å². The first-order chi connectivity index (χ1) is 20.3. The first kappa shape index (κ1) is 34.9. The molecule has 0 aromatic heterocycles. The first-order valence-electron chi connectivity index (χ1n) is 13.4. The normalized spacial score (nSPS) is 16.2. The smallest absolute Gasteiger partial charge is 0.493 e. The number of hydrogen-bond donors (Lipinski definition) is 0. The van der Waals surface area contributed by atoms with E-state index in [0.29, 0.717) is 0 Å². The highest BCUT2D eigenvalue weighted by molar-refractivity contribution is 7.87. The molecule has 1 atom stereocenters. The Bertz CT molecular complexity index is 1510. The summed E-state index contributed by atoms with van der Waals surface area (Å²) >= 11 is 0. The van der Waals surface area contributed by atoms with E-state index in [-0.39, 0.29) is 35.3 Å². The van der Waals surface area contributed by atoms with E-state index in [2.05, 4.69) is 4.18 Å². The number of alkyl halides is 3. The van der Waals surface area contributed by atoms with Gasteiger partial charge in [-0.1, -0.05) is 51.1 Å². The Morgan fingerprint density at radius 2 is 1.75 bits per heavy atom. The highest BCUT2D eigenvalue weighted by Crippen LogP contribution is 2.39. The lowest BCUT2D eigenvalue weighted by atomic mass is 10.0. The molecular weight excluding hydrogens is 625 g/mol. The molecule has 11 nitrogen and oxygen atoms in total. The molecule has 0 unspecified atom stereocenters. The fourth-order valence-corrected chi connectivity index (χ4v) is 5.54. The molecular formula is C28H35F3N2O9SSi. The number of rotatable bonds is 11. The maximum absolute atomic E-state index is 13.9. The van der Waals surface area contributed by atoms with Crippen LogP contribution in [0.5, 0.6) is 11.5 Å². The van der Waals surface area contributed by atoms with Crippen LogP contribution < -0.4 is 9.47 Å². The van der Waals surface area contributed by atoms with E-state index in [0.717, 1.165) is 23.8 Å². The van der Waals surface area contributed by atoms with Crippen LogP contribution in [-0.2, 0) is 25.3 Å². The Morgan fingerprint density at radius 3 is 2.30 bits per heavy atom. The molecule has 0 bridgehead atoms. The third-order valence-corrected chi connectivity index (χ3v) is 13.0. The van der Waals surface area contributed by atoms with Gasteiger partial charge in [0, 0.05) is 19.0 Å². The third kappa shape index (κ3) is 8.09. The van der Waals surface area contributed by atoms with E-state index in [4.69, 9.17) is 13.9 Å². The van der Waals surface area contributed by atoms with Crippen molar-refractivity contribution in [1.82, 2.24) is 4.90 Å². The van der Waals surface area contributed by atoms with Crippen LogP contribution in [-0.4, -0.2) is 64.3 Å². The zero-order chi connectivity index (χ0) is 33.1. The average Bonchev–Trinajstić information content (AvgIpc) is 2.93. The van der Waals surface area contributed by atoms with Crippen molar-refractivity contribution >= 4 is 30.0 Å². The number of methoxy groups -OCH3 is 1. The molecule has 16 heteroatoms. The summed E-state index contributed by atoms with van der Waals surface area (Å²) in [6.45, 7) is 9.21. The number of ether oxygens (including phenoxy) is 2. The molecule has 1 amide bonds. The summed E-state index contributed by atoms with van der Waals surface area (Å²) in [6, 6.07) is 10.2. The summed E-state index contributed by atoms with van der Waals surface area (Å²) in [5, 5.41) is 11.8. The van der Waals surface area contributed by atoms with Gasteiger partial charge in [-0.05, 0) is 29.8 Å². The minimum absolute atomic E-state index is 0.0176. The van der Waals surface area contributed by atoms with Crippen LogP contribution in [0.1, 0.15) is 43.1 Å². The first-order valence-corrected chi connectivity index (χ1v) is 17.8. The molecule has 0 radical (unpaired) electrons. The standard InChI is InChI=1S/C28H35F3N2O9SSi/c1-27(2,3)44(5,6)41-18-20-14-21(42-43(37,38)28(29,30)31)12-13-32(20)26(34)22-15-24(39-4)25(16-23(22)33(35)36)40-17-19-10-8-7-9-11-19/h7-12,15-16,20H,13-14,17-18H2,1-6H3/t20-/m0/s1. The fourth-order valence-electron chi connectivity index (χ4n) is 3.98. The Balaban J connectivity index is 1.99. The molecule has 44 heavy (non-hydrogen) atoms. The van der Waals surface area contributed by atoms with Gasteiger partial charge in [0.1, 0.15) is 17.9 Å². The molecule has 0 saturated heterocycles. The van der Waals surface area contributed by atoms with Gasteiger partial charge in [0.05, 0.1) is 30.7 Å². The number of carbonyl (C=O) groups is 1. The van der Waals surface area contributed by atoms with E-state index in [1.54, 1.807) is 24.3 Å². The molecule has 2 aromatic carbocycles. The van der Waals surface area contributed by atoms with E-state index >= 15 is 0 Å². The number of amides is 1.